The van der Waals surface area contributed by atoms with E-state index in [0.29, 0.717) is 5.02 Å². The van der Waals surface area contributed by atoms with Gasteiger partial charge in [0.15, 0.2) is 0 Å². The quantitative estimate of drug-likeness (QED) is 0.515. The van der Waals surface area contributed by atoms with Crippen LogP contribution in [0.25, 0.3) is 6.08 Å². The van der Waals surface area contributed by atoms with Crippen LogP contribution in [0.15, 0.2) is 54.6 Å². The zero-order valence-electron chi connectivity index (χ0n) is 14.7. The molecule has 0 bridgehead atoms. The van der Waals surface area contributed by atoms with Crippen molar-refractivity contribution in [3.63, 3.8) is 0 Å². The third-order valence-corrected chi connectivity index (χ3v) is 5.35. The van der Waals surface area contributed by atoms with E-state index in [2.05, 4.69) is 19.6 Å². The number of hydrogen-bond donors (Lipinski definition) is 0. The van der Waals surface area contributed by atoms with Gasteiger partial charge in [-0.2, -0.15) is 0 Å². The lowest BCUT2D eigenvalue weighted by molar-refractivity contribution is -0.113. The summed E-state index contributed by atoms with van der Waals surface area (Å²) >= 11 is 6.17. The summed E-state index contributed by atoms with van der Waals surface area (Å²) in [7, 11) is 0.495. The van der Waals surface area contributed by atoms with Crippen LogP contribution in [0.2, 0.25) is 24.7 Å². The SMILES string of the molecule is CN(C(=O)/C=C/c1ccccc1)c1ccc(Cl)cc1C[Si](C)(C)C. The number of anilines is 1. The van der Waals surface area contributed by atoms with Gasteiger partial charge in [-0.3, -0.25) is 4.79 Å². The number of halogens is 1. The molecule has 0 N–H and O–H groups in total. The smallest absolute Gasteiger partial charge is 0.250 e. The number of carbonyl (C=O) groups excluding carboxylic acids is 1. The molecule has 126 valence electrons. The first kappa shape index (κ1) is 18.5. The molecule has 0 saturated heterocycles. The minimum atomic E-state index is -1.32. The Labute approximate surface area is 150 Å². The van der Waals surface area contributed by atoms with Gasteiger partial charge in [0.1, 0.15) is 0 Å². The Morgan fingerprint density at radius 3 is 2.42 bits per heavy atom. The Bertz CT molecular complexity index is 735. The summed E-state index contributed by atoms with van der Waals surface area (Å²) in [6.45, 7) is 6.94. The van der Waals surface area contributed by atoms with E-state index in [1.54, 1.807) is 11.0 Å². The second kappa shape index (κ2) is 7.82. The average molecular weight is 358 g/mol. The first-order chi connectivity index (χ1) is 11.3. The monoisotopic (exact) mass is 357 g/mol. The summed E-state index contributed by atoms with van der Waals surface area (Å²) in [4.78, 5) is 14.2. The van der Waals surface area contributed by atoms with Crippen LogP contribution in [-0.4, -0.2) is 21.0 Å². The molecule has 0 heterocycles. The topological polar surface area (TPSA) is 20.3 Å². The molecule has 1 amide bonds. The van der Waals surface area contributed by atoms with E-state index in [4.69, 9.17) is 11.6 Å². The number of likely N-dealkylation sites (N-methyl/N-ethyl adjacent to an activating group) is 1. The Kier molecular flexibility index (Phi) is 6.03. The fraction of sp³-hybridized carbons (Fsp3) is 0.250. The highest BCUT2D eigenvalue weighted by molar-refractivity contribution is 6.75. The van der Waals surface area contributed by atoms with Gasteiger partial charge >= 0.3 is 0 Å². The van der Waals surface area contributed by atoms with Gasteiger partial charge in [-0.15, -0.1) is 0 Å². The molecular formula is C20H24ClNOSi. The van der Waals surface area contributed by atoms with Gasteiger partial charge in [-0.25, -0.2) is 0 Å². The Hall–Kier alpha value is -1.84. The van der Waals surface area contributed by atoms with Crippen molar-refractivity contribution in [2.45, 2.75) is 25.7 Å². The molecule has 0 unspecified atom stereocenters. The molecule has 2 nitrogen and oxygen atoms in total. The lowest BCUT2D eigenvalue weighted by Gasteiger charge is -2.23. The number of rotatable bonds is 5. The van der Waals surface area contributed by atoms with Crippen LogP contribution in [0.1, 0.15) is 11.1 Å². The summed E-state index contributed by atoms with van der Waals surface area (Å²) < 4.78 is 0. The second-order valence-corrected chi connectivity index (χ2v) is 13.1. The highest BCUT2D eigenvalue weighted by Gasteiger charge is 2.19. The number of nitrogens with zero attached hydrogens (tertiary/aromatic N) is 1. The molecule has 24 heavy (non-hydrogen) atoms. The maximum Gasteiger partial charge on any atom is 0.250 e. The summed E-state index contributed by atoms with van der Waals surface area (Å²) in [5.41, 5.74) is 3.09. The molecule has 0 aliphatic rings. The summed E-state index contributed by atoms with van der Waals surface area (Å²) in [6, 6.07) is 16.6. The lowest BCUT2D eigenvalue weighted by atomic mass is 10.1. The van der Waals surface area contributed by atoms with Crippen molar-refractivity contribution in [3.05, 3.63) is 70.8 Å². The molecule has 0 saturated carbocycles. The zero-order valence-corrected chi connectivity index (χ0v) is 16.5. The molecule has 0 atom stereocenters. The standard InChI is InChI=1S/C20H24ClNOSi/c1-22(20(23)13-10-16-8-6-5-7-9-16)19-12-11-18(21)14-17(19)15-24(2,3)4/h5-14H,15H2,1-4H3/b13-10+. The second-order valence-electron chi connectivity index (χ2n) is 7.15. The van der Waals surface area contributed by atoms with Gasteiger partial charge in [0.25, 0.3) is 5.91 Å². The van der Waals surface area contributed by atoms with Gasteiger partial charge in [0.2, 0.25) is 0 Å². The van der Waals surface area contributed by atoms with Crippen LogP contribution in [0, 0.1) is 0 Å². The normalized spacial score (nSPS) is 11.7. The Balaban J connectivity index is 2.24. The van der Waals surface area contributed by atoms with Crippen LogP contribution >= 0.6 is 11.6 Å². The molecular weight excluding hydrogens is 334 g/mol. The van der Waals surface area contributed by atoms with E-state index in [0.717, 1.165) is 22.9 Å². The minimum Gasteiger partial charge on any atom is -0.312 e. The fourth-order valence-electron chi connectivity index (χ4n) is 2.56. The number of benzene rings is 2. The van der Waals surface area contributed by atoms with Crippen molar-refractivity contribution >= 4 is 37.3 Å². The van der Waals surface area contributed by atoms with Crippen molar-refractivity contribution in [1.29, 1.82) is 0 Å². The maximum atomic E-state index is 12.5. The maximum absolute atomic E-state index is 12.5. The fourth-order valence-corrected chi connectivity index (χ4v) is 4.18. The predicted molar refractivity (Wildman–Crippen MR) is 107 cm³/mol. The Morgan fingerprint density at radius 2 is 1.79 bits per heavy atom. The van der Waals surface area contributed by atoms with E-state index in [-0.39, 0.29) is 5.91 Å². The molecule has 2 aromatic rings. The van der Waals surface area contributed by atoms with Crippen molar-refractivity contribution in [2.75, 3.05) is 11.9 Å². The van der Waals surface area contributed by atoms with E-state index >= 15 is 0 Å². The highest BCUT2D eigenvalue weighted by Crippen LogP contribution is 2.27. The van der Waals surface area contributed by atoms with Crippen LogP contribution in [0.3, 0.4) is 0 Å². The number of carbonyl (C=O) groups is 1. The first-order valence-electron chi connectivity index (χ1n) is 8.05. The van der Waals surface area contributed by atoms with Crippen molar-refractivity contribution in [1.82, 2.24) is 0 Å². The molecule has 0 aliphatic carbocycles. The third kappa shape index (κ3) is 5.36. The summed E-state index contributed by atoms with van der Waals surface area (Å²) in [6.07, 6.45) is 3.45. The minimum absolute atomic E-state index is 0.0435. The molecule has 0 fully saturated rings. The molecule has 0 spiro atoms. The summed E-state index contributed by atoms with van der Waals surface area (Å²) in [5, 5.41) is 0.715. The zero-order chi connectivity index (χ0) is 17.7. The van der Waals surface area contributed by atoms with Gasteiger partial charge in [-0.05, 0) is 41.4 Å². The van der Waals surface area contributed by atoms with Gasteiger partial charge in [-0.1, -0.05) is 61.6 Å². The van der Waals surface area contributed by atoms with E-state index in [1.807, 2.05) is 61.7 Å². The first-order valence-corrected chi connectivity index (χ1v) is 12.1. The molecule has 4 heteroatoms. The molecule has 2 aromatic carbocycles. The largest absolute Gasteiger partial charge is 0.312 e. The van der Waals surface area contributed by atoms with Gasteiger partial charge in [0, 0.05) is 31.9 Å². The van der Waals surface area contributed by atoms with Crippen LogP contribution in [0.5, 0.6) is 0 Å². The van der Waals surface area contributed by atoms with E-state index in [1.165, 1.54) is 0 Å². The van der Waals surface area contributed by atoms with Crippen LogP contribution in [-0.2, 0) is 10.8 Å². The number of hydrogen-bond acceptors (Lipinski definition) is 1. The molecule has 0 aliphatic heterocycles. The van der Waals surface area contributed by atoms with Crippen molar-refractivity contribution < 1.29 is 4.79 Å². The molecule has 2 rings (SSSR count). The van der Waals surface area contributed by atoms with Gasteiger partial charge < -0.3 is 4.90 Å². The lowest BCUT2D eigenvalue weighted by Crippen LogP contribution is -2.29. The predicted octanol–water partition coefficient (Wildman–Crippen LogP) is 5.44. The average Bonchev–Trinajstić information content (AvgIpc) is 2.51. The van der Waals surface area contributed by atoms with Gasteiger partial charge in [0.05, 0.1) is 0 Å². The molecule has 0 radical (unpaired) electrons. The molecule has 0 aromatic heterocycles. The summed E-state index contributed by atoms with van der Waals surface area (Å²) in [5.74, 6) is -0.0435. The van der Waals surface area contributed by atoms with E-state index < -0.39 is 8.07 Å². The Morgan fingerprint density at radius 1 is 1.12 bits per heavy atom. The third-order valence-electron chi connectivity index (χ3n) is 3.67. The van der Waals surface area contributed by atoms with Crippen LogP contribution < -0.4 is 4.90 Å². The van der Waals surface area contributed by atoms with Crippen molar-refractivity contribution in [3.8, 4) is 0 Å². The highest BCUT2D eigenvalue weighted by atomic mass is 35.5. The van der Waals surface area contributed by atoms with E-state index in [9.17, 15) is 4.79 Å². The number of amides is 1. The van der Waals surface area contributed by atoms with Crippen LogP contribution in [0.4, 0.5) is 5.69 Å². The van der Waals surface area contributed by atoms with Crippen molar-refractivity contribution in [2.24, 2.45) is 0 Å².